The van der Waals surface area contributed by atoms with E-state index in [-0.39, 0.29) is 17.4 Å². The van der Waals surface area contributed by atoms with Crippen LogP contribution in [0, 0.1) is 0 Å². The summed E-state index contributed by atoms with van der Waals surface area (Å²) in [5.74, 6) is -0.362. The number of rotatable bonds is 4. The normalized spacial score (nSPS) is 10.7. The number of para-hydroxylation sites is 1. The maximum atomic E-state index is 11.7. The maximum Gasteiger partial charge on any atom is 0.336 e. The Morgan fingerprint density at radius 3 is 2.62 bits per heavy atom. The van der Waals surface area contributed by atoms with E-state index in [1.807, 2.05) is 6.07 Å². The second kappa shape index (κ2) is 6.81. The van der Waals surface area contributed by atoms with Gasteiger partial charge in [0.2, 0.25) is 0 Å². The minimum absolute atomic E-state index is 0.217. The number of benzene rings is 2. The molecule has 0 aliphatic rings. The van der Waals surface area contributed by atoms with Gasteiger partial charge in [0.05, 0.1) is 5.88 Å². The van der Waals surface area contributed by atoms with Gasteiger partial charge in [-0.05, 0) is 29.8 Å². The molecule has 0 saturated carbocycles. The average Bonchev–Trinajstić information content (AvgIpc) is 2.49. The molecular formula is C16H13ClO4. The summed E-state index contributed by atoms with van der Waals surface area (Å²) in [5, 5.41) is 18.5. The van der Waals surface area contributed by atoms with Gasteiger partial charge in [0.25, 0.3) is 0 Å². The number of carbonyl (C=O) groups excluding carboxylic acids is 1. The molecule has 0 aromatic heterocycles. The van der Waals surface area contributed by atoms with Gasteiger partial charge < -0.3 is 14.9 Å². The van der Waals surface area contributed by atoms with Crippen LogP contribution in [0.3, 0.4) is 0 Å². The highest BCUT2D eigenvalue weighted by atomic mass is 35.5. The van der Waals surface area contributed by atoms with Gasteiger partial charge in [-0.3, -0.25) is 0 Å². The number of alkyl halides is 1. The van der Waals surface area contributed by atoms with E-state index < -0.39 is 5.97 Å². The Labute approximate surface area is 126 Å². The fourth-order valence-corrected chi connectivity index (χ4v) is 1.89. The zero-order chi connectivity index (χ0) is 15.2. The van der Waals surface area contributed by atoms with Crippen LogP contribution >= 0.6 is 11.6 Å². The third-order valence-corrected chi connectivity index (χ3v) is 3.03. The molecule has 2 N–H and O–H groups in total. The first-order valence-corrected chi connectivity index (χ1v) is 6.69. The first kappa shape index (κ1) is 14.9. The van der Waals surface area contributed by atoms with Gasteiger partial charge in [-0.25, -0.2) is 4.79 Å². The lowest BCUT2D eigenvalue weighted by Gasteiger charge is -2.05. The third kappa shape index (κ3) is 4.00. The first-order valence-electron chi connectivity index (χ1n) is 6.16. The Morgan fingerprint density at radius 1 is 1.14 bits per heavy atom. The number of ether oxygens (including phenoxy) is 1. The molecule has 4 nitrogen and oxygen atoms in total. The van der Waals surface area contributed by atoms with E-state index in [0.717, 1.165) is 5.56 Å². The SMILES string of the molecule is O=C(C=Cc1ccc(O)c(O)c1)Oc1ccccc1CCl. The number of esters is 1. The van der Waals surface area contributed by atoms with Crippen LogP contribution in [0.5, 0.6) is 17.2 Å². The zero-order valence-corrected chi connectivity index (χ0v) is 11.7. The van der Waals surface area contributed by atoms with Gasteiger partial charge >= 0.3 is 5.97 Å². The molecule has 0 unspecified atom stereocenters. The summed E-state index contributed by atoms with van der Waals surface area (Å²) in [4.78, 5) is 11.7. The largest absolute Gasteiger partial charge is 0.504 e. The van der Waals surface area contributed by atoms with Gasteiger partial charge in [0.1, 0.15) is 5.75 Å². The molecule has 0 heterocycles. The molecule has 0 radical (unpaired) electrons. The quantitative estimate of drug-likeness (QED) is 0.298. The van der Waals surface area contributed by atoms with E-state index >= 15 is 0 Å². The monoisotopic (exact) mass is 304 g/mol. The van der Waals surface area contributed by atoms with Gasteiger partial charge in [-0.1, -0.05) is 24.3 Å². The highest BCUT2D eigenvalue weighted by Gasteiger charge is 2.05. The van der Waals surface area contributed by atoms with E-state index in [2.05, 4.69) is 0 Å². The predicted molar refractivity (Wildman–Crippen MR) is 80.4 cm³/mol. The number of phenols is 2. The molecular weight excluding hydrogens is 292 g/mol. The standard InChI is InChI=1S/C16H13ClO4/c17-10-12-3-1-2-4-15(12)21-16(20)8-6-11-5-7-13(18)14(19)9-11/h1-9,18-19H,10H2. The summed E-state index contributed by atoms with van der Waals surface area (Å²) >= 11 is 5.76. The highest BCUT2D eigenvalue weighted by molar-refractivity contribution is 6.17. The summed E-state index contributed by atoms with van der Waals surface area (Å²) in [7, 11) is 0. The fourth-order valence-electron chi connectivity index (χ4n) is 1.66. The Bertz CT molecular complexity index is 680. The van der Waals surface area contributed by atoms with Gasteiger partial charge in [0, 0.05) is 11.6 Å². The van der Waals surface area contributed by atoms with Crippen molar-refractivity contribution in [3.05, 3.63) is 59.7 Å². The summed E-state index contributed by atoms with van der Waals surface area (Å²) in [6.07, 6.45) is 2.71. The van der Waals surface area contributed by atoms with Crippen molar-refractivity contribution in [3.8, 4) is 17.2 Å². The Kier molecular flexibility index (Phi) is 4.85. The van der Waals surface area contributed by atoms with Crippen molar-refractivity contribution in [1.82, 2.24) is 0 Å². The first-order chi connectivity index (χ1) is 10.1. The second-order valence-electron chi connectivity index (χ2n) is 4.24. The molecule has 0 bridgehead atoms. The van der Waals surface area contributed by atoms with Crippen molar-refractivity contribution >= 4 is 23.6 Å². The van der Waals surface area contributed by atoms with Gasteiger partial charge in [0.15, 0.2) is 11.5 Å². The van der Waals surface area contributed by atoms with E-state index in [1.165, 1.54) is 24.3 Å². The van der Waals surface area contributed by atoms with E-state index in [9.17, 15) is 15.0 Å². The molecule has 2 aromatic carbocycles. The molecule has 0 amide bonds. The van der Waals surface area contributed by atoms with Crippen molar-refractivity contribution in [2.24, 2.45) is 0 Å². The topological polar surface area (TPSA) is 66.8 Å². The molecule has 0 saturated heterocycles. The second-order valence-corrected chi connectivity index (χ2v) is 4.51. The molecule has 108 valence electrons. The van der Waals surface area contributed by atoms with E-state index in [1.54, 1.807) is 24.3 Å². The molecule has 2 rings (SSSR count). The number of phenolic OH excluding ortho intramolecular Hbond substituents is 2. The number of halogens is 1. The van der Waals surface area contributed by atoms with Crippen LogP contribution in [0.4, 0.5) is 0 Å². The van der Waals surface area contributed by atoms with Crippen LogP contribution in [0.2, 0.25) is 0 Å². The van der Waals surface area contributed by atoms with Gasteiger partial charge in [-0.15, -0.1) is 11.6 Å². The van der Waals surface area contributed by atoms with Gasteiger partial charge in [-0.2, -0.15) is 0 Å². The van der Waals surface area contributed by atoms with Crippen LogP contribution in [-0.2, 0) is 10.7 Å². The van der Waals surface area contributed by atoms with E-state index in [4.69, 9.17) is 16.3 Å². The summed E-state index contributed by atoms with van der Waals surface area (Å²) in [6, 6.07) is 11.2. The Hall–Kier alpha value is -2.46. The molecule has 0 aliphatic carbocycles. The van der Waals surface area contributed by atoms with E-state index in [0.29, 0.717) is 11.3 Å². The minimum Gasteiger partial charge on any atom is -0.504 e. The minimum atomic E-state index is -0.555. The lowest BCUT2D eigenvalue weighted by atomic mass is 10.2. The third-order valence-electron chi connectivity index (χ3n) is 2.74. The molecule has 0 atom stereocenters. The van der Waals surface area contributed by atoms with Crippen molar-refractivity contribution in [1.29, 1.82) is 0 Å². The molecule has 0 fully saturated rings. The smallest absolute Gasteiger partial charge is 0.336 e. The molecule has 5 heteroatoms. The zero-order valence-electron chi connectivity index (χ0n) is 11.0. The number of aromatic hydroxyl groups is 2. The summed E-state index contributed by atoms with van der Waals surface area (Å²) in [6.45, 7) is 0. The van der Waals surface area contributed by atoms with Crippen molar-refractivity contribution in [2.75, 3.05) is 0 Å². The van der Waals surface area contributed by atoms with Crippen LogP contribution in [0.1, 0.15) is 11.1 Å². The van der Waals surface area contributed by atoms with Crippen LogP contribution in [0.15, 0.2) is 48.5 Å². The molecule has 2 aromatic rings. The summed E-state index contributed by atoms with van der Waals surface area (Å²) < 4.78 is 5.19. The number of carbonyl (C=O) groups is 1. The lowest BCUT2D eigenvalue weighted by molar-refractivity contribution is -0.128. The Morgan fingerprint density at radius 2 is 1.90 bits per heavy atom. The highest BCUT2D eigenvalue weighted by Crippen LogP contribution is 2.25. The van der Waals surface area contributed by atoms with Crippen molar-refractivity contribution in [2.45, 2.75) is 5.88 Å². The van der Waals surface area contributed by atoms with Crippen LogP contribution < -0.4 is 4.74 Å². The molecule has 21 heavy (non-hydrogen) atoms. The van der Waals surface area contributed by atoms with Crippen LogP contribution in [-0.4, -0.2) is 16.2 Å². The maximum absolute atomic E-state index is 11.7. The molecule has 0 aliphatic heterocycles. The molecule has 0 spiro atoms. The van der Waals surface area contributed by atoms with Crippen LogP contribution in [0.25, 0.3) is 6.08 Å². The predicted octanol–water partition coefficient (Wildman–Crippen LogP) is 3.46. The number of hydrogen-bond donors (Lipinski definition) is 2. The Balaban J connectivity index is 2.07. The lowest BCUT2D eigenvalue weighted by Crippen LogP contribution is -2.05. The average molecular weight is 305 g/mol. The number of hydrogen-bond acceptors (Lipinski definition) is 4. The van der Waals surface area contributed by atoms with Crippen molar-refractivity contribution < 1.29 is 19.7 Å². The fraction of sp³-hybridized carbons (Fsp3) is 0.0625. The van der Waals surface area contributed by atoms with Crippen molar-refractivity contribution in [3.63, 3.8) is 0 Å². The summed E-state index contributed by atoms with van der Waals surface area (Å²) in [5.41, 5.74) is 1.29.